The third-order valence-corrected chi connectivity index (χ3v) is 4.74. The Bertz CT molecular complexity index is 499. The predicted octanol–water partition coefficient (Wildman–Crippen LogP) is 3.84. The lowest BCUT2D eigenvalue weighted by molar-refractivity contribution is -0.137. The van der Waals surface area contributed by atoms with E-state index in [0.717, 1.165) is 23.1 Å². The molecule has 104 valence electrons. The summed E-state index contributed by atoms with van der Waals surface area (Å²) in [4.78, 5) is 13.2. The van der Waals surface area contributed by atoms with E-state index in [-0.39, 0.29) is 17.9 Å². The molecule has 1 N–H and O–H groups in total. The summed E-state index contributed by atoms with van der Waals surface area (Å²) in [5.74, 6) is -0.472. The van der Waals surface area contributed by atoms with E-state index < -0.39 is 5.97 Å². The van der Waals surface area contributed by atoms with E-state index in [1.807, 2.05) is 0 Å². The summed E-state index contributed by atoms with van der Waals surface area (Å²) < 4.78 is 1.10. The van der Waals surface area contributed by atoms with Crippen LogP contribution >= 0.6 is 15.9 Å². The Morgan fingerprint density at radius 3 is 2.79 bits per heavy atom. The Hall–Kier alpha value is -1.03. The first-order valence-electron chi connectivity index (χ1n) is 6.55. The fourth-order valence-corrected chi connectivity index (χ4v) is 3.34. The first-order chi connectivity index (χ1) is 8.79. The Morgan fingerprint density at radius 2 is 2.21 bits per heavy atom. The molecular formula is C15H20BrNO2. The van der Waals surface area contributed by atoms with Gasteiger partial charge in [-0.25, -0.2) is 0 Å². The summed E-state index contributed by atoms with van der Waals surface area (Å²) in [5, 5.41) is 8.96. The minimum atomic E-state index is -0.701. The number of carboxylic acids is 1. The number of carbonyl (C=O) groups is 1. The molecule has 1 unspecified atom stereocenters. The normalized spacial score (nSPS) is 21.7. The van der Waals surface area contributed by atoms with Gasteiger partial charge in [-0.1, -0.05) is 22.0 Å². The lowest BCUT2D eigenvalue weighted by Crippen LogP contribution is -2.38. The molecule has 19 heavy (non-hydrogen) atoms. The fourth-order valence-electron chi connectivity index (χ4n) is 2.97. The summed E-state index contributed by atoms with van der Waals surface area (Å²) in [6, 6.07) is 6.34. The van der Waals surface area contributed by atoms with Gasteiger partial charge >= 0.3 is 5.97 Å². The Balaban J connectivity index is 2.23. The van der Waals surface area contributed by atoms with Crippen molar-refractivity contribution in [2.75, 3.05) is 11.4 Å². The maximum Gasteiger partial charge on any atom is 0.303 e. The number of nitrogens with zero attached hydrogens (tertiary/aromatic N) is 1. The van der Waals surface area contributed by atoms with Crippen LogP contribution < -0.4 is 4.90 Å². The molecule has 4 heteroatoms. The number of benzene rings is 1. The minimum absolute atomic E-state index is 0.00874. The second-order valence-corrected chi connectivity index (χ2v) is 6.88. The molecule has 1 saturated heterocycles. The molecule has 3 nitrogen and oxygen atoms in total. The van der Waals surface area contributed by atoms with Gasteiger partial charge in [-0.05, 0) is 50.8 Å². The summed E-state index contributed by atoms with van der Waals surface area (Å²) in [7, 11) is 0. The largest absolute Gasteiger partial charge is 0.481 e. The number of aryl methyl sites for hydroxylation is 1. The number of aliphatic carboxylic acids is 1. The molecule has 0 aliphatic carbocycles. The average Bonchev–Trinajstić information content (AvgIpc) is 2.56. The molecule has 0 amide bonds. The summed E-state index contributed by atoms with van der Waals surface area (Å²) in [6.45, 7) is 7.25. The maximum absolute atomic E-state index is 10.9. The monoisotopic (exact) mass is 325 g/mol. The zero-order chi connectivity index (χ0) is 14.2. The zero-order valence-electron chi connectivity index (χ0n) is 11.6. The highest BCUT2D eigenvalue weighted by molar-refractivity contribution is 9.10. The lowest BCUT2D eigenvalue weighted by atomic mass is 9.94. The quantitative estimate of drug-likeness (QED) is 0.917. The first-order valence-corrected chi connectivity index (χ1v) is 7.34. The van der Waals surface area contributed by atoms with E-state index in [0.29, 0.717) is 0 Å². The van der Waals surface area contributed by atoms with Crippen LogP contribution in [0.1, 0.15) is 32.3 Å². The predicted molar refractivity (Wildman–Crippen MR) is 80.7 cm³/mol. The summed E-state index contributed by atoms with van der Waals surface area (Å²) in [5.41, 5.74) is 2.38. The van der Waals surface area contributed by atoms with E-state index in [9.17, 15) is 4.79 Å². The topological polar surface area (TPSA) is 40.5 Å². The highest BCUT2D eigenvalue weighted by atomic mass is 79.9. The highest BCUT2D eigenvalue weighted by Crippen LogP contribution is 2.39. The second-order valence-electron chi connectivity index (χ2n) is 6.02. The van der Waals surface area contributed by atoms with Crippen molar-refractivity contribution < 1.29 is 9.90 Å². The van der Waals surface area contributed by atoms with Crippen LogP contribution in [0.3, 0.4) is 0 Å². The maximum atomic E-state index is 10.9. The number of anilines is 1. The summed E-state index contributed by atoms with van der Waals surface area (Å²) >= 11 is 3.57. The molecule has 0 radical (unpaired) electrons. The number of carboxylic acid groups (broad SMARTS) is 1. The number of halogens is 1. The van der Waals surface area contributed by atoms with E-state index in [1.165, 1.54) is 5.56 Å². The third-order valence-electron chi connectivity index (χ3n) is 3.89. The van der Waals surface area contributed by atoms with Gasteiger partial charge in [0.1, 0.15) is 0 Å². The van der Waals surface area contributed by atoms with Crippen LogP contribution in [-0.2, 0) is 4.79 Å². The Morgan fingerprint density at radius 1 is 1.53 bits per heavy atom. The zero-order valence-corrected chi connectivity index (χ0v) is 13.2. The van der Waals surface area contributed by atoms with Crippen molar-refractivity contribution in [2.24, 2.45) is 5.92 Å². The molecule has 1 aliphatic heterocycles. The fraction of sp³-hybridized carbons (Fsp3) is 0.533. The molecular weight excluding hydrogens is 306 g/mol. The molecule has 1 aromatic rings. The first kappa shape index (κ1) is 14.4. The molecule has 0 saturated carbocycles. The van der Waals surface area contributed by atoms with Gasteiger partial charge in [-0.2, -0.15) is 0 Å². The van der Waals surface area contributed by atoms with Crippen LogP contribution in [0.25, 0.3) is 0 Å². The van der Waals surface area contributed by atoms with Gasteiger partial charge in [0.05, 0.1) is 0 Å². The molecule has 2 rings (SSSR count). The van der Waals surface area contributed by atoms with Crippen molar-refractivity contribution in [1.29, 1.82) is 0 Å². The Kier molecular flexibility index (Phi) is 3.90. The molecule has 1 atom stereocenters. The number of rotatable bonds is 3. The third kappa shape index (κ3) is 3.11. The van der Waals surface area contributed by atoms with Crippen molar-refractivity contribution in [3.05, 3.63) is 28.2 Å². The van der Waals surface area contributed by atoms with Crippen LogP contribution in [0, 0.1) is 12.8 Å². The van der Waals surface area contributed by atoms with Crippen molar-refractivity contribution in [2.45, 2.75) is 39.2 Å². The number of hydrogen-bond acceptors (Lipinski definition) is 2. The molecule has 1 aliphatic rings. The molecule has 1 fully saturated rings. The minimum Gasteiger partial charge on any atom is -0.481 e. The van der Waals surface area contributed by atoms with Gasteiger partial charge in [-0.3, -0.25) is 4.79 Å². The van der Waals surface area contributed by atoms with Gasteiger partial charge in [-0.15, -0.1) is 0 Å². The van der Waals surface area contributed by atoms with E-state index in [2.05, 4.69) is 59.8 Å². The van der Waals surface area contributed by atoms with Crippen LogP contribution in [0.5, 0.6) is 0 Å². The van der Waals surface area contributed by atoms with Crippen LogP contribution in [0.4, 0.5) is 5.69 Å². The van der Waals surface area contributed by atoms with E-state index in [1.54, 1.807) is 0 Å². The molecule has 1 aromatic carbocycles. The highest BCUT2D eigenvalue weighted by Gasteiger charge is 2.39. The van der Waals surface area contributed by atoms with Gasteiger partial charge in [0.15, 0.2) is 0 Å². The summed E-state index contributed by atoms with van der Waals surface area (Å²) in [6.07, 6.45) is 1.18. The van der Waals surface area contributed by atoms with Crippen molar-refractivity contribution >= 4 is 27.6 Å². The van der Waals surface area contributed by atoms with Crippen LogP contribution in [0.15, 0.2) is 22.7 Å². The van der Waals surface area contributed by atoms with E-state index in [4.69, 9.17) is 5.11 Å². The van der Waals surface area contributed by atoms with Crippen LogP contribution in [-0.4, -0.2) is 23.2 Å². The second kappa shape index (κ2) is 5.16. The molecule has 1 heterocycles. The van der Waals surface area contributed by atoms with Gasteiger partial charge < -0.3 is 10.0 Å². The smallest absolute Gasteiger partial charge is 0.303 e. The van der Waals surface area contributed by atoms with Gasteiger partial charge in [0.25, 0.3) is 0 Å². The lowest BCUT2D eigenvalue weighted by Gasteiger charge is -2.34. The van der Waals surface area contributed by atoms with E-state index >= 15 is 0 Å². The van der Waals surface area contributed by atoms with Gasteiger partial charge in [0, 0.05) is 28.7 Å². The Labute approximate surface area is 122 Å². The molecule has 0 aromatic heterocycles. The number of hydrogen-bond donors (Lipinski definition) is 1. The van der Waals surface area contributed by atoms with Crippen molar-refractivity contribution in [1.82, 2.24) is 0 Å². The average molecular weight is 326 g/mol. The van der Waals surface area contributed by atoms with Gasteiger partial charge in [0.2, 0.25) is 0 Å². The van der Waals surface area contributed by atoms with Crippen molar-refractivity contribution in [3.63, 3.8) is 0 Å². The standard InChI is InChI=1S/C15H20BrNO2/c1-10-4-5-12(7-13(10)16)17-9-11(6-14(18)19)8-15(17,2)3/h4-5,7,11H,6,8-9H2,1-3H3,(H,18,19). The molecule has 0 spiro atoms. The van der Waals surface area contributed by atoms with Crippen LogP contribution in [0.2, 0.25) is 0 Å². The SMILES string of the molecule is Cc1ccc(N2CC(CC(=O)O)CC2(C)C)cc1Br. The molecule has 0 bridgehead atoms. The van der Waals surface area contributed by atoms with Crippen molar-refractivity contribution in [3.8, 4) is 0 Å².